The van der Waals surface area contributed by atoms with Crippen LogP contribution in [0.3, 0.4) is 0 Å². The van der Waals surface area contributed by atoms with Crippen LogP contribution in [0.1, 0.15) is 5.56 Å². The Bertz CT molecular complexity index is 3570. The third-order valence-corrected chi connectivity index (χ3v) is 12.4. The molecule has 5 heteroatoms. The molecule has 4 heterocycles. The second-order valence-electron chi connectivity index (χ2n) is 14.1. The normalized spacial score (nSPS) is 12.1. The van der Waals surface area contributed by atoms with Crippen LogP contribution < -0.4 is 0 Å². The topological polar surface area (TPSA) is 38.6 Å². The molecule has 0 amide bonds. The molecule has 54 heavy (non-hydrogen) atoms. The summed E-state index contributed by atoms with van der Waals surface area (Å²) in [5, 5.41) is 19.4. The van der Waals surface area contributed by atoms with Gasteiger partial charge in [0, 0.05) is 69.6 Å². The molecular formula is C49H28N4S. The van der Waals surface area contributed by atoms with Crippen LogP contribution >= 0.6 is 11.3 Å². The number of fused-ring (bicyclic) bond motifs is 12. The van der Waals surface area contributed by atoms with E-state index in [0.29, 0.717) is 5.56 Å². The Morgan fingerprint density at radius 1 is 0.333 bits per heavy atom. The van der Waals surface area contributed by atoms with Crippen LogP contribution in [0.4, 0.5) is 0 Å². The Morgan fingerprint density at radius 2 is 0.796 bits per heavy atom. The lowest BCUT2D eigenvalue weighted by molar-refractivity contribution is 1.17. The van der Waals surface area contributed by atoms with Gasteiger partial charge in [0.25, 0.3) is 0 Å². The van der Waals surface area contributed by atoms with Gasteiger partial charge in [0.15, 0.2) is 0 Å². The zero-order valence-corrected chi connectivity index (χ0v) is 29.7. The number of benzene rings is 8. The molecule has 4 nitrogen and oxygen atoms in total. The van der Waals surface area contributed by atoms with Crippen molar-refractivity contribution in [2.24, 2.45) is 0 Å². The summed E-state index contributed by atoms with van der Waals surface area (Å²) in [6.07, 6.45) is 0. The van der Waals surface area contributed by atoms with E-state index < -0.39 is 0 Å². The molecule has 0 atom stereocenters. The van der Waals surface area contributed by atoms with E-state index in [-0.39, 0.29) is 0 Å². The van der Waals surface area contributed by atoms with Crippen LogP contribution in [-0.2, 0) is 0 Å². The molecule has 0 fully saturated rings. The molecule has 0 aliphatic heterocycles. The second kappa shape index (κ2) is 10.9. The van der Waals surface area contributed by atoms with Crippen molar-refractivity contribution in [3.63, 3.8) is 0 Å². The van der Waals surface area contributed by atoms with Gasteiger partial charge in [0.2, 0.25) is 0 Å². The van der Waals surface area contributed by atoms with Crippen LogP contribution in [0.25, 0.3) is 103 Å². The first-order chi connectivity index (χ1) is 26.7. The van der Waals surface area contributed by atoms with Crippen molar-refractivity contribution in [2.75, 3.05) is 0 Å². The van der Waals surface area contributed by atoms with Crippen molar-refractivity contribution in [1.29, 1.82) is 5.26 Å². The van der Waals surface area contributed by atoms with Crippen LogP contribution in [0, 0.1) is 11.3 Å². The fraction of sp³-hybridized carbons (Fsp3) is 0. The third kappa shape index (κ3) is 4.00. The van der Waals surface area contributed by atoms with E-state index in [2.05, 4.69) is 177 Å². The van der Waals surface area contributed by atoms with Gasteiger partial charge < -0.3 is 13.7 Å². The van der Waals surface area contributed by atoms with Crippen molar-refractivity contribution in [2.45, 2.75) is 0 Å². The summed E-state index contributed by atoms with van der Waals surface area (Å²) < 4.78 is 9.71. The molecule has 0 aliphatic rings. The summed E-state index contributed by atoms with van der Waals surface area (Å²) in [5.41, 5.74) is 11.1. The quantitative estimate of drug-likeness (QED) is 0.180. The van der Waals surface area contributed by atoms with Crippen LogP contribution in [0.2, 0.25) is 0 Å². The van der Waals surface area contributed by atoms with E-state index in [4.69, 9.17) is 0 Å². The molecule has 0 unspecified atom stereocenters. The molecule has 0 saturated carbocycles. The predicted molar refractivity (Wildman–Crippen MR) is 227 cm³/mol. The van der Waals surface area contributed by atoms with E-state index in [1.54, 1.807) is 0 Å². The van der Waals surface area contributed by atoms with Gasteiger partial charge in [-0.25, -0.2) is 0 Å². The minimum atomic E-state index is 0.671. The fourth-order valence-corrected chi connectivity index (χ4v) is 9.98. The zero-order valence-electron chi connectivity index (χ0n) is 28.9. The van der Waals surface area contributed by atoms with Gasteiger partial charge in [-0.15, -0.1) is 11.3 Å². The van der Waals surface area contributed by atoms with Crippen LogP contribution in [0.5, 0.6) is 0 Å². The molecule has 12 aromatic rings. The Morgan fingerprint density at radius 3 is 1.35 bits per heavy atom. The lowest BCUT2D eigenvalue weighted by atomic mass is 10.1. The lowest BCUT2D eigenvalue weighted by Gasteiger charge is -2.11. The van der Waals surface area contributed by atoms with E-state index in [1.807, 2.05) is 23.5 Å². The molecule has 0 bridgehead atoms. The molecule has 0 radical (unpaired) electrons. The van der Waals surface area contributed by atoms with E-state index >= 15 is 0 Å². The van der Waals surface area contributed by atoms with Gasteiger partial charge in [-0.1, -0.05) is 72.8 Å². The first kappa shape index (κ1) is 29.4. The number of para-hydroxylation sites is 4. The average molecular weight is 705 g/mol. The summed E-state index contributed by atoms with van der Waals surface area (Å²) in [7, 11) is 0. The molecule has 0 aliphatic carbocycles. The minimum Gasteiger partial charge on any atom is -0.309 e. The molecular weight excluding hydrogens is 677 g/mol. The summed E-state index contributed by atoms with van der Waals surface area (Å²) in [6.45, 7) is 0. The first-order valence-corrected chi connectivity index (χ1v) is 19.0. The van der Waals surface area contributed by atoms with Gasteiger partial charge in [-0.3, -0.25) is 0 Å². The number of hydrogen-bond donors (Lipinski definition) is 0. The number of nitrogens with zero attached hydrogens (tertiary/aromatic N) is 4. The third-order valence-electron chi connectivity index (χ3n) is 11.2. The SMILES string of the molecule is N#Cc1ccc2c(c1)c1ccccc1n2-c1ccc2sc3ccc(-n4c5ccccc5c5cc6c7ccccc7n(-c7ccccc7)c6cc54)cc3c2c1. The Labute approximate surface area is 313 Å². The Hall–Kier alpha value is -7.13. The highest BCUT2D eigenvalue weighted by molar-refractivity contribution is 7.25. The smallest absolute Gasteiger partial charge is 0.0991 e. The summed E-state index contributed by atoms with van der Waals surface area (Å²) >= 11 is 1.84. The molecule has 0 saturated heterocycles. The monoisotopic (exact) mass is 704 g/mol. The summed E-state index contributed by atoms with van der Waals surface area (Å²) in [4.78, 5) is 0. The maximum atomic E-state index is 9.67. The highest BCUT2D eigenvalue weighted by Gasteiger charge is 2.20. The number of hydrogen-bond acceptors (Lipinski definition) is 2. The van der Waals surface area contributed by atoms with E-state index in [9.17, 15) is 5.26 Å². The molecule has 4 aromatic heterocycles. The number of aromatic nitrogens is 3. The number of nitriles is 1. The maximum Gasteiger partial charge on any atom is 0.0991 e. The standard InChI is InChI=1S/C49H28N4S/c50-29-30-18-21-45-37(24-30)34-12-4-8-16-43(34)52(45)32-19-22-48-40(25-32)41-26-33(20-23-49(41)54-48)53-44-17-9-6-14-36(44)39-27-38-35-13-5-7-15-42(35)51(46(38)28-47(39)53)31-10-2-1-3-11-31/h1-28H. The van der Waals surface area contributed by atoms with Crippen molar-refractivity contribution < 1.29 is 0 Å². The highest BCUT2D eigenvalue weighted by atomic mass is 32.1. The average Bonchev–Trinajstić information content (AvgIpc) is 3.95. The molecule has 250 valence electrons. The molecule has 12 rings (SSSR count). The van der Waals surface area contributed by atoms with Gasteiger partial charge in [0.05, 0.1) is 44.7 Å². The van der Waals surface area contributed by atoms with E-state index in [1.165, 1.54) is 63.8 Å². The van der Waals surface area contributed by atoms with Gasteiger partial charge >= 0.3 is 0 Å². The van der Waals surface area contributed by atoms with Crippen molar-refractivity contribution >= 4 is 96.9 Å². The van der Waals surface area contributed by atoms with E-state index in [0.717, 1.165) is 38.9 Å². The van der Waals surface area contributed by atoms with Gasteiger partial charge in [-0.2, -0.15) is 5.26 Å². The Balaban J connectivity index is 1.12. The minimum absolute atomic E-state index is 0.671. The molecule has 0 N–H and O–H groups in total. The highest BCUT2D eigenvalue weighted by Crippen LogP contribution is 2.42. The number of rotatable bonds is 3. The second-order valence-corrected chi connectivity index (χ2v) is 15.2. The van der Waals surface area contributed by atoms with Crippen LogP contribution in [0.15, 0.2) is 170 Å². The predicted octanol–water partition coefficient (Wildman–Crippen LogP) is 13.2. The molecule has 8 aromatic carbocycles. The number of thiophene rings is 1. The fourth-order valence-electron chi connectivity index (χ4n) is 8.92. The summed E-state index contributed by atoms with van der Waals surface area (Å²) in [6, 6.07) is 63.6. The first-order valence-electron chi connectivity index (χ1n) is 18.2. The largest absolute Gasteiger partial charge is 0.309 e. The van der Waals surface area contributed by atoms with Crippen molar-refractivity contribution in [1.82, 2.24) is 13.7 Å². The van der Waals surface area contributed by atoms with Gasteiger partial charge in [-0.05, 0) is 97.1 Å². The van der Waals surface area contributed by atoms with Gasteiger partial charge in [0.1, 0.15) is 0 Å². The molecule has 0 spiro atoms. The van der Waals surface area contributed by atoms with Crippen LogP contribution in [-0.4, -0.2) is 13.7 Å². The zero-order chi connectivity index (χ0) is 35.5. The lowest BCUT2D eigenvalue weighted by Crippen LogP contribution is -1.95. The Kier molecular flexibility index (Phi) is 5.97. The van der Waals surface area contributed by atoms with Crippen molar-refractivity contribution in [3.8, 4) is 23.1 Å². The maximum absolute atomic E-state index is 9.67. The summed E-state index contributed by atoms with van der Waals surface area (Å²) in [5.74, 6) is 0. The van der Waals surface area contributed by atoms with Crippen molar-refractivity contribution in [3.05, 3.63) is 175 Å².